The Bertz CT molecular complexity index is 1350. The van der Waals surface area contributed by atoms with Crippen LogP contribution in [0.1, 0.15) is 31.4 Å². The number of methoxy groups -OCH3 is 1. The molecule has 3 aromatic rings. The Labute approximate surface area is 225 Å². The molecule has 0 spiro atoms. The average Bonchev–Trinajstić information content (AvgIpc) is 2.94. The van der Waals surface area contributed by atoms with Gasteiger partial charge in [-0.1, -0.05) is 61.5 Å². The van der Waals surface area contributed by atoms with E-state index in [1.807, 2.05) is 38.1 Å². The maximum atomic E-state index is 13.9. The number of amides is 2. The van der Waals surface area contributed by atoms with Crippen LogP contribution < -0.4 is 14.4 Å². The maximum absolute atomic E-state index is 13.9. The molecule has 202 valence electrons. The summed E-state index contributed by atoms with van der Waals surface area (Å²) in [5.41, 5.74) is 2.06. The highest BCUT2D eigenvalue weighted by molar-refractivity contribution is 7.92. The van der Waals surface area contributed by atoms with E-state index in [1.165, 1.54) is 24.1 Å². The van der Waals surface area contributed by atoms with Crippen LogP contribution in [0.5, 0.6) is 5.75 Å². The summed E-state index contributed by atoms with van der Waals surface area (Å²) in [5.74, 6) is -0.514. The van der Waals surface area contributed by atoms with Crippen LogP contribution in [0.4, 0.5) is 5.69 Å². The molecule has 9 heteroatoms. The number of hydrogen-bond donors (Lipinski definition) is 1. The van der Waals surface area contributed by atoms with Gasteiger partial charge in [-0.2, -0.15) is 0 Å². The number of aryl methyl sites for hydroxylation is 1. The highest BCUT2D eigenvalue weighted by Gasteiger charge is 2.33. The number of rotatable bonds is 12. The third-order valence-corrected chi connectivity index (χ3v) is 8.06. The Morgan fingerprint density at radius 2 is 1.58 bits per heavy atom. The van der Waals surface area contributed by atoms with Crippen LogP contribution in [-0.2, 0) is 26.2 Å². The molecule has 0 radical (unpaired) electrons. The number of carbonyl (C=O) groups excluding carboxylic acids is 2. The number of nitrogens with zero attached hydrogens (tertiary/aromatic N) is 2. The fourth-order valence-electron chi connectivity index (χ4n) is 4.02. The molecule has 3 aromatic carbocycles. The maximum Gasteiger partial charge on any atom is 0.264 e. The molecule has 8 nitrogen and oxygen atoms in total. The van der Waals surface area contributed by atoms with Crippen molar-refractivity contribution in [3.63, 3.8) is 0 Å². The van der Waals surface area contributed by atoms with Crippen molar-refractivity contribution in [3.8, 4) is 5.75 Å². The largest absolute Gasteiger partial charge is 0.495 e. The summed E-state index contributed by atoms with van der Waals surface area (Å²) >= 11 is 0. The van der Waals surface area contributed by atoms with Crippen LogP contribution in [0.25, 0.3) is 0 Å². The number of benzene rings is 3. The quantitative estimate of drug-likeness (QED) is 0.375. The van der Waals surface area contributed by atoms with Gasteiger partial charge in [0, 0.05) is 13.1 Å². The summed E-state index contributed by atoms with van der Waals surface area (Å²) in [6, 6.07) is 21.3. The standard InChI is InChI=1S/C29H35N3O5S/c1-5-19-30-29(34)23(3)31(20-24-14-10-9-13-22(24)2)28(33)21-32(26-17-11-12-18-27(26)37-4)38(35,36)25-15-7-6-8-16-25/h6-18,23H,5,19-21H2,1-4H3,(H,30,34). The molecule has 0 fully saturated rings. The molecular formula is C29H35N3O5S. The summed E-state index contributed by atoms with van der Waals surface area (Å²) in [7, 11) is -2.71. The molecule has 0 aromatic heterocycles. The predicted molar refractivity (Wildman–Crippen MR) is 148 cm³/mol. The molecule has 0 saturated carbocycles. The van der Waals surface area contributed by atoms with Crippen LogP contribution in [0.3, 0.4) is 0 Å². The van der Waals surface area contributed by atoms with Gasteiger partial charge in [0.1, 0.15) is 18.3 Å². The molecule has 3 rings (SSSR count). The number of carbonyl (C=O) groups is 2. The normalized spacial score (nSPS) is 11.9. The Balaban J connectivity index is 2.05. The van der Waals surface area contributed by atoms with Crippen molar-refractivity contribution in [3.05, 3.63) is 90.0 Å². The van der Waals surface area contributed by atoms with E-state index in [1.54, 1.807) is 49.4 Å². The minimum atomic E-state index is -4.15. The van der Waals surface area contributed by atoms with Gasteiger partial charge in [-0.05, 0) is 55.7 Å². The second-order valence-corrected chi connectivity index (χ2v) is 10.8. The van der Waals surface area contributed by atoms with Crippen LogP contribution in [0, 0.1) is 6.92 Å². The molecule has 0 saturated heterocycles. The first-order valence-electron chi connectivity index (χ1n) is 12.5. The summed E-state index contributed by atoms with van der Waals surface area (Å²) in [6.45, 7) is 5.64. The van der Waals surface area contributed by atoms with E-state index in [2.05, 4.69) is 5.32 Å². The Morgan fingerprint density at radius 3 is 2.24 bits per heavy atom. The van der Waals surface area contributed by atoms with Gasteiger partial charge in [-0.3, -0.25) is 13.9 Å². The second-order valence-electron chi connectivity index (χ2n) is 8.91. The first kappa shape index (κ1) is 28.7. The van der Waals surface area contributed by atoms with Crippen LogP contribution in [-0.4, -0.2) is 51.4 Å². The van der Waals surface area contributed by atoms with E-state index in [0.717, 1.165) is 21.9 Å². The smallest absolute Gasteiger partial charge is 0.264 e. The minimum absolute atomic E-state index is 0.0397. The molecule has 0 aliphatic carbocycles. The molecule has 38 heavy (non-hydrogen) atoms. The van der Waals surface area contributed by atoms with Crippen molar-refractivity contribution < 1.29 is 22.7 Å². The number of nitrogens with one attached hydrogen (secondary N) is 1. The first-order valence-corrected chi connectivity index (χ1v) is 14.0. The fraction of sp³-hybridized carbons (Fsp3) is 0.310. The SMILES string of the molecule is CCCNC(=O)C(C)N(Cc1ccccc1C)C(=O)CN(c1ccccc1OC)S(=O)(=O)c1ccccc1. The highest BCUT2D eigenvalue weighted by Crippen LogP contribution is 2.32. The lowest BCUT2D eigenvalue weighted by molar-refractivity contribution is -0.139. The zero-order chi connectivity index (χ0) is 27.7. The molecule has 1 atom stereocenters. The summed E-state index contributed by atoms with van der Waals surface area (Å²) < 4.78 is 34.2. The van der Waals surface area contributed by atoms with E-state index in [4.69, 9.17) is 4.74 Å². The van der Waals surface area contributed by atoms with Crippen molar-refractivity contribution >= 4 is 27.5 Å². The van der Waals surface area contributed by atoms with E-state index < -0.39 is 28.5 Å². The lowest BCUT2D eigenvalue weighted by Gasteiger charge is -2.32. The van der Waals surface area contributed by atoms with Crippen LogP contribution in [0.15, 0.2) is 83.8 Å². The van der Waals surface area contributed by atoms with Gasteiger partial charge in [-0.25, -0.2) is 8.42 Å². The van der Waals surface area contributed by atoms with Gasteiger partial charge < -0.3 is 15.0 Å². The number of anilines is 1. The van der Waals surface area contributed by atoms with E-state index in [9.17, 15) is 18.0 Å². The Morgan fingerprint density at radius 1 is 0.947 bits per heavy atom. The summed E-state index contributed by atoms with van der Waals surface area (Å²) in [5, 5.41) is 2.84. The molecule has 1 unspecified atom stereocenters. The summed E-state index contributed by atoms with van der Waals surface area (Å²) in [4.78, 5) is 28.3. The third-order valence-electron chi connectivity index (χ3n) is 6.28. The van der Waals surface area contributed by atoms with Crippen molar-refractivity contribution in [2.75, 3.05) is 24.5 Å². The van der Waals surface area contributed by atoms with E-state index in [0.29, 0.717) is 12.3 Å². The van der Waals surface area contributed by atoms with Crippen molar-refractivity contribution in [2.24, 2.45) is 0 Å². The molecule has 0 aliphatic heterocycles. The highest BCUT2D eigenvalue weighted by atomic mass is 32.2. The van der Waals surface area contributed by atoms with Gasteiger partial charge in [-0.15, -0.1) is 0 Å². The van der Waals surface area contributed by atoms with Crippen molar-refractivity contribution in [1.29, 1.82) is 0 Å². The second kappa shape index (κ2) is 13.1. The first-order chi connectivity index (χ1) is 18.2. The Hall–Kier alpha value is -3.85. The predicted octanol–water partition coefficient (Wildman–Crippen LogP) is 4.14. The van der Waals surface area contributed by atoms with Crippen molar-refractivity contribution in [2.45, 2.75) is 44.7 Å². The van der Waals surface area contributed by atoms with Gasteiger partial charge in [0.2, 0.25) is 11.8 Å². The topological polar surface area (TPSA) is 96.0 Å². The molecule has 0 bridgehead atoms. The van der Waals surface area contributed by atoms with Gasteiger partial charge in [0.25, 0.3) is 10.0 Å². The minimum Gasteiger partial charge on any atom is -0.495 e. The Kier molecular flexibility index (Phi) is 9.90. The monoisotopic (exact) mass is 537 g/mol. The molecule has 2 amide bonds. The van der Waals surface area contributed by atoms with Gasteiger partial charge in [0.15, 0.2) is 0 Å². The summed E-state index contributed by atoms with van der Waals surface area (Å²) in [6.07, 6.45) is 0.751. The average molecular weight is 538 g/mol. The van der Waals surface area contributed by atoms with E-state index >= 15 is 0 Å². The van der Waals surface area contributed by atoms with E-state index in [-0.39, 0.29) is 23.0 Å². The number of ether oxygens (including phenoxy) is 1. The molecular weight excluding hydrogens is 502 g/mol. The lowest BCUT2D eigenvalue weighted by atomic mass is 10.1. The number of hydrogen-bond acceptors (Lipinski definition) is 5. The molecule has 1 N–H and O–H groups in total. The van der Waals surface area contributed by atoms with Crippen LogP contribution in [0.2, 0.25) is 0 Å². The molecule has 0 heterocycles. The zero-order valence-corrected chi connectivity index (χ0v) is 23.1. The lowest BCUT2D eigenvalue weighted by Crippen LogP contribution is -2.51. The molecule has 0 aliphatic rings. The van der Waals surface area contributed by atoms with Crippen LogP contribution >= 0.6 is 0 Å². The van der Waals surface area contributed by atoms with Gasteiger partial charge in [0.05, 0.1) is 17.7 Å². The number of para-hydroxylation sites is 2. The zero-order valence-electron chi connectivity index (χ0n) is 22.3. The fourth-order valence-corrected chi connectivity index (χ4v) is 5.46. The number of sulfonamides is 1. The van der Waals surface area contributed by atoms with Gasteiger partial charge >= 0.3 is 0 Å². The third kappa shape index (κ3) is 6.72. The van der Waals surface area contributed by atoms with Crippen molar-refractivity contribution in [1.82, 2.24) is 10.2 Å².